The Morgan fingerprint density at radius 2 is 1.90 bits per heavy atom. The summed E-state index contributed by atoms with van der Waals surface area (Å²) in [6.07, 6.45) is 0.370. The molecular formula is C15H21NO4. The summed E-state index contributed by atoms with van der Waals surface area (Å²) >= 11 is 0. The van der Waals surface area contributed by atoms with Gasteiger partial charge in [0.1, 0.15) is 5.60 Å². The number of nitrogens with one attached hydrogen (secondary N) is 1. The summed E-state index contributed by atoms with van der Waals surface area (Å²) in [5, 5.41) is 12.6. The van der Waals surface area contributed by atoms with Crippen LogP contribution >= 0.6 is 0 Å². The Hall–Kier alpha value is -1.26. The molecule has 0 aromatic rings. The fourth-order valence-corrected chi connectivity index (χ4v) is 6.09. The Morgan fingerprint density at radius 1 is 1.25 bits per heavy atom. The van der Waals surface area contributed by atoms with Crippen molar-refractivity contribution >= 4 is 12.1 Å². The second-order valence-corrected chi connectivity index (χ2v) is 8.08. The number of ether oxygens (including phenoxy) is 1. The molecule has 4 aliphatic carbocycles. The van der Waals surface area contributed by atoms with E-state index >= 15 is 0 Å². The molecule has 5 heteroatoms. The minimum absolute atomic E-state index is 0.172. The smallest absolute Gasteiger partial charge is 0.408 e. The Morgan fingerprint density at radius 3 is 2.30 bits per heavy atom. The highest BCUT2D eigenvalue weighted by molar-refractivity contribution is 5.83. The van der Waals surface area contributed by atoms with E-state index in [0.29, 0.717) is 17.8 Å². The van der Waals surface area contributed by atoms with Crippen molar-refractivity contribution in [3.63, 3.8) is 0 Å². The molecule has 4 fully saturated rings. The first kappa shape index (κ1) is 12.5. The van der Waals surface area contributed by atoms with Gasteiger partial charge in [-0.25, -0.2) is 4.79 Å². The van der Waals surface area contributed by atoms with Gasteiger partial charge in [-0.05, 0) is 56.8 Å². The molecule has 0 saturated heterocycles. The van der Waals surface area contributed by atoms with Gasteiger partial charge in [0.25, 0.3) is 0 Å². The van der Waals surface area contributed by atoms with Crippen molar-refractivity contribution in [3.05, 3.63) is 0 Å². The first-order chi connectivity index (χ1) is 9.16. The number of alkyl carbamates (subject to hydrolysis) is 1. The molecule has 0 aromatic heterocycles. The summed E-state index contributed by atoms with van der Waals surface area (Å²) in [6.45, 7) is 7.63. The molecule has 7 unspecified atom stereocenters. The normalized spacial score (nSPS) is 53.3. The Labute approximate surface area is 118 Å². The molecule has 1 amide bonds. The van der Waals surface area contributed by atoms with Crippen LogP contribution in [0, 0.1) is 35.0 Å². The maximum absolute atomic E-state index is 12.0. The van der Waals surface area contributed by atoms with E-state index in [1.165, 1.54) is 0 Å². The number of hydrogen-bond donors (Lipinski definition) is 2. The van der Waals surface area contributed by atoms with Crippen LogP contribution in [-0.2, 0) is 9.53 Å². The maximum atomic E-state index is 12.0. The molecule has 0 spiro atoms. The lowest BCUT2D eigenvalue weighted by atomic mass is 9.09. The van der Waals surface area contributed by atoms with E-state index in [1.54, 1.807) is 0 Å². The van der Waals surface area contributed by atoms with Crippen LogP contribution < -0.4 is 5.32 Å². The summed E-state index contributed by atoms with van der Waals surface area (Å²) < 4.78 is 5.36. The average molecular weight is 279 g/mol. The number of hydrogen-bond acceptors (Lipinski definition) is 3. The molecular weight excluding hydrogens is 258 g/mol. The topological polar surface area (TPSA) is 75.6 Å². The number of carboxylic acid groups (broad SMARTS) is 1. The lowest BCUT2D eigenvalue weighted by Gasteiger charge is -2.95. The van der Waals surface area contributed by atoms with Gasteiger partial charge < -0.3 is 15.2 Å². The molecule has 110 valence electrons. The summed E-state index contributed by atoms with van der Waals surface area (Å²) in [4.78, 5) is 23.6. The summed E-state index contributed by atoms with van der Waals surface area (Å²) in [5.74, 6) is 0.898. The summed E-state index contributed by atoms with van der Waals surface area (Å²) in [6, 6.07) is 0. The number of carbonyl (C=O) groups is 2. The lowest BCUT2D eigenvalue weighted by Crippen LogP contribution is -3.01. The highest BCUT2D eigenvalue weighted by Crippen LogP contribution is 2.93. The van der Waals surface area contributed by atoms with Crippen LogP contribution in [0.25, 0.3) is 0 Å². The van der Waals surface area contributed by atoms with Gasteiger partial charge in [0.2, 0.25) is 0 Å². The zero-order valence-electron chi connectivity index (χ0n) is 12.3. The molecule has 0 aliphatic heterocycles. The van der Waals surface area contributed by atoms with Crippen LogP contribution in [0.4, 0.5) is 4.79 Å². The van der Waals surface area contributed by atoms with Crippen molar-refractivity contribution in [1.82, 2.24) is 5.32 Å². The standard InChI is InChI=1S/C15H21NO4/c1-6-8-10-9-7(5-14(8,9)11(17)18)15(6,10)16-12(19)20-13(2,3)4/h6-10H,5H2,1-4H3,(H,16,19)(H,17,18). The maximum Gasteiger partial charge on any atom is 0.408 e. The highest BCUT2D eigenvalue weighted by atomic mass is 16.6. The number of rotatable bonds is 2. The van der Waals surface area contributed by atoms with Gasteiger partial charge in [0, 0.05) is 0 Å². The predicted molar refractivity (Wildman–Crippen MR) is 69.9 cm³/mol. The third-order valence-corrected chi connectivity index (χ3v) is 6.53. The van der Waals surface area contributed by atoms with Crippen molar-refractivity contribution in [3.8, 4) is 0 Å². The van der Waals surface area contributed by atoms with Crippen LogP contribution in [0.15, 0.2) is 0 Å². The van der Waals surface area contributed by atoms with Gasteiger partial charge in [-0.1, -0.05) is 6.92 Å². The fraction of sp³-hybridized carbons (Fsp3) is 0.867. The van der Waals surface area contributed by atoms with Crippen LogP contribution in [0.1, 0.15) is 34.1 Å². The fourth-order valence-electron chi connectivity index (χ4n) is 6.09. The van der Waals surface area contributed by atoms with E-state index in [-0.39, 0.29) is 23.5 Å². The first-order valence-corrected chi connectivity index (χ1v) is 7.41. The molecule has 4 saturated carbocycles. The zero-order valence-corrected chi connectivity index (χ0v) is 12.3. The SMILES string of the molecule is CC1C2C3C4C(CC24C(=O)O)C13NC(=O)OC(C)(C)C. The van der Waals surface area contributed by atoms with Crippen molar-refractivity contribution in [1.29, 1.82) is 0 Å². The van der Waals surface area contributed by atoms with Gasteiger partial charge >= 0.3 is 12.1 Å². The highest BCUT2D eigenvalue weighted by Gasteiger charge is 2.97. The molecule has 7 atom stereocenters. The van der Waals surface area contributed by atoms with Crippen LogP contribution in [-0.4, -0.2) is 28.3 Å². The summed E-state index contributed by atoms with van der Waals surface area (Å²) in [5.41, 5.74) is -1.12. The minimum Gasteiger partial charge on any atom is -0.481 e. The first-order valence-electron chi connectivity index (χ1n) is 7.41. The van der Waals surface area contributed by atoms with Gasteiger partial charge in [0.05, 0.1) is 11.0 Å². The zero-order chi connectivity index (χ0) is 14.7. The van der Waals surface area contributed by atoms with E-state index in [9.17, 15) is 14.7 Å². The monoisotopic (exact) mass is 279 g/mol. The van der Waals surface area contributed by atoms with E-state index in [2.05, 4.69) is 12.2 Å². The van der Waals surface area contributed by atoms with Crippen molar-refractivity contribution in [2.24, 2.45) is 35.0 Å². The Balaban J connectivity index is 1.51. The molecule has 0 heterocycles. The van der Waals surface area contributed by atoms with Gasteiger partial charge in [-0.15, -0.1) is 0 Å². The number of aliphatic carboxylic acids is 1. The predicted octanol–water partition coefficient (Wildman–Crippen LogP) is 1.87. The van der Waals surface area contributed by atoms with Crippen molar-refractivity contribution in [2.45, 2.75) is 45.3 Å². The van der Waals surface area contributed by atoms with Crippen LogP contribution in [0.2, 0.25) is 0 Å². The second kappa shape index (κ2) is 3.00. The number of fused-ring (bicyclic) bond motifs is 2. The second-order valence-electron chi connectivity index (χ2n) is 8.08. The van der Waals surface area contributed by atoms with Crippen LogP contribution in [0.5, 0.6) is 0 Å². The molecule has 20 heavy (non-hydrogen) atoms. The third kappa shape index (κ3) is 0.960. The largest absolute Gasteiger partial charge is 0.481 e. The van der Waals surface area contributed by atoms with E-state index in [4.69, 9.17) is 4.74 Å². The number of amides is 1. The summed E-state index contributed by atoms with van der Waals surface area (Å²) in [7, 11) is 0. The van der Waals surface area contributed by atoms with Crippen molar-refractivity contribution < 1.29 is 19.4 Å². The number of carboxylic acids is 1. The van der Waals surface area contributed by atoms with Gasteiger partial charge in [-0.2, -0.15) is 0 Å². The molecule has 0 radical (unpaired) electrons. The molecule has 0 bridgehead atoms. The van der Waals surface area contributed by atoms with E-state index in [0.717, 1.165) is 6.42 Å². The van der Waals surface area contributed by atoms with Crippen molar-refractivity contribution in [2.75, 3.05) is 0 Å². The lowest BCUT2D eigenvalue weighted by molar-refractivity contribution is -0.456. The molecule has 4 aliphatic rings. The molecule has 0 aromatic carbocycles. The Kier molecular flexibility index (Phi) is 1.87. The van der Waals surface area contributed by atoms with E-state index in [1.807, 2.05) is 20.8 Å². The van der Waals surface area contributed by atoms with E-state index < -0.39 is 17.0 Å². The Bertz CT molecular complexity index is 521. The average Bonchev–Trinajstić information content (AvgIpc) is 2.26. The van der Waals surface area contributed by atoms with Crippen LogP contribution in [0.3, 0.4) is 0 Å². The quantitative estimate of drug-likeness (QED) is 0.809. The molecule has 5 nitrogen and oxygen atoms in total. The van der Waals surface area contributed by atoms with Gasteiger partial charge in [-0.3, -0.25) is 4.79 Å². The molecule has 4 rings (SSSR count). The minimum atomic E-state index is -0.627. The molecule has 2 N–H and O–H groups in total. The third-order valence-electron chi connectivity index (χ3n) is 6.53. The number of carbonyl (C=O) groups excluding carboxylic acids is 1. The van der Waals surface area contributed by atoms with Gasteiger partial charge in [0.15, 0.2) is 0 Å².